The van der Waals surface area contributed by atoms with Crippen LogP contribution in [0.2, 0.25) is 0 Å². The Morgan fingerprint density at radius 1 is 1.22 bits per heavy atom. The van der Waals surface area contributed by atoms with Gasteiger partial charge in [0.25, 0.3) is 0 Å². The Morgan fingerprint density at radius 2 is 2.04 bits per heavy atom. The van der Waals surface area contributed by atoms with Crippen LogP contribution >= 0.6 is 0 Å². The number of hydrogen-bond acceptors (Lipinski definition) is 5. The number of fused-ring (bicyclic) bond motifs is 1. The third kappa shape index (κ3) is 3.78. The zero-order valence-corrected chi connectivity index (χ0v) is 15.9. The van der Waals surface area contributed by atoms with Crippen LogP contribution in [0.3, 0.4) is 0 Å². The highest BCUT2D eigenvalue weighted by Gasteiger charge is 2.29. The highest BCUT2D eigenvalue weighted by atomic mass is 16.5. The van der Waals surface area contributed by atoms with Crippen LogP contribution in [0.1, 0.15) is 42.3 Å². The van der Waals surface area contributed by atoms with Crippen LogP contribution in [-0.4, -0.2) is 38.1 Å². The second kappa shape index (κ2) is 7.61. The van der Waals surface area contributed by atoms with E-state index in [2.05, 4.69) is 23.2 Å². The van der Waals surface area contributed by atoms with E-state index in [1.165, 1.54) is 0 Å². The van der Waals surface area contributed by atoms with E-state index in [9.17, 15) is 4.79 Å². The molecule has 5 heteroatoms. The second-order valence-corrected chi connectivity index (χ2v) is 7.22. The van der Waals surface area contributed by atoms with Crippen molar-refractivity contribution in [2.75, 3.05) is 31.1 Å². The minimum atomic E-state index is -0.245. The van der Waals surface area contributed by atoms with Gasteiger partial charge in [0.05, 0.1) is 18.6 Å². The number of carbonyl (C=O) groups excluding carboxylic acids is 1. The number of carbonyl (C=O) groups is 1. The third-order valence-corrected chi connectivity index (χ3v) is 5.20. The molecular weight excluding hydrogens is 340 g/mol. The van der Waals surface area contributed by atoms with Gasteiger partial charge in [-0.1, -0.05) is 12.1 Å². The molecule has 0 saturated carbocycles. The van der Waals surface area contributed by atoms with Crippen LogP contribution in [0.4, 0.5) is 5.69 Å². The van der Waals surface area contributed by atoms with Crippen LogP contribution in [0.5, 0.6) is 11.5 Å². The van der Waals surface area contributed by atoms with Crippen molar-refractivity contribution in [3.05, 3.63) is 53.6 Å². The van der Waals surface area contributed by atoms with Crippen LogP contribution in [0, 0.1) is 0 Å². The minimum absolute atomic E-state index is 0.139. The fourth-order valence-electron chi connectivity index (χ4n) is 3.81. The summed E-state index contributed by atoms with van der Waals surface area (Å²) in [6, 6.07) is 14.2. The molecule has 2 aliphatic heterocycles. The number of ketones is 1. The van der Waals surface area contributed by atoms with Crippen LogP contribution < -0.4 is 19.7 Å². The van der Waals surface area contributed by atoms with Crippen LogP contribution in [-0.2, 0) is 0 Å². The van der Waals surface area contributed by atoms with Gasteiger partial charge in [0.1, 0.15) is 17.6 Å². The standard InChI is InChI=1S/C22H26N2O3/c1-3-26-18-7-4-16(5-8-18)22-13-20(25)19-12-17(6-9-21(19)27-22)24-11-10-23-15(2)14-24/h4-9,12,15,22-23H,3,10-11,13-14H2,1-2H3/t15-,22?/m1/s1. The number of nitrogens with one attached hydrogen (secondary N) is 1. The van der Waals surface area contributed by atoms with E-state index >= 15 is 0 Å². The summed E-state index contributed by atoms with van der Waals surface area (Å²) in [5.74, 6) is 1.65. The normalized spacial score (nSPS) is 22.1. The van der Waals surface area contributed by atoms with Crippen molar-refractivity contribution in [3.63, 3.8) is 0 Å². The molecule has 1 N–H and O–H groups in total. The predicted molar refractivity (Wildman–Crippen MR) is 106 cm³/mol. The maximum absolute atomic E-state index is 12.8. The molecule has 1 unspecified atom stereocenters. The van der Waals surface area contributed by atoms with E-state index in [0.717, 1.165) is 36.6 Å². The van der Waals surface area contributed by atoms with Gasteiger partial charge in [0.15, 0.2) is 5.78 Å². The Kier molecular flexibility index (Phi) is 5.03. The number of rotatable bonds is 4. The highest BCUT2D eigenvalue weighted by Crippen LogP contribution is 2.37. The van der Waals surface area contributed by atoms with Gasteiger partial charge in [-0.3, -0.25) is 4.79 Å². The molecule has 2 aromatic carbocycles. The number of benzene rings is 2. The molecule has 1 fully saturated rings. The van der Waals surface area contributed by atoms with Crippen molar-refractivity contribution >= 4 is 11.5 Å². The van der Waals surface area contributed by atoms with Crippen molar-refractivity contribution in [3.8, 4) is 11.5 Å². The summed E-state index contributed by atoms with van der Waals surface area (Å²) < 4.78 is 11.6. The van der Waals surface area contributed by atoms with Crippen molar-refractivity contribution in [2.45, 2.75) is 32.4 Å². The molecule has 0 spiro atoms. The molecule has 0 bridgehead atoms. The lowest BCUT2D eigenvalue weighted by Crippen LogP contribution is -2.49. The number of piperazine rings is 1. The molecule has 0 amide bonds. The average molecular weight is 366 g/mol. The fourth-order valence-corrected chi connectivity index (χ4v) is 3.81. The SMILES string of the molecule is CCOc1ccc(C2CC(=O)c3cc(N4CCN[C@H](C)C4)ccc3O2)cc1. The van der Waals surface area contributed by atoms with Gasteiger partial charge in [-0.05, 0) is 49.7 Å². The van der Waals surface area contributed by atoms with E-state index < -0.39 is 0 Å². The molecule has 0 radical (unpaired) electrons. The summed E-state index contributed by atoms with van der Waals surface area (Å²) in [4.78, 5) is 15.1. The first kappa shape index (κ1) is 17.9. The number of hydrogen-bond donors (Lipinski definition) is 1. The van der Waals surface area contributed by atoms with E-state index in [0.29, 0.717) is 30.4 Å². The fraction of sp³-hybridized carbons (Fsp3) is 0.409. The monoisotopic (exact) mass is 366 g/mol. The second-order valence-electron chi connectivity index (χ2n) is 7.22. The lowest BCUT2D eigenvalue weighted by Gasteiger charge is -2.34. The first-order chi connectivity index (χ1) is 13.1. The van der Waals surface area contributed by atoms with Crippen molar-refractivity contribution < 1.29 is 14.3 Å². The summed E-state index contributed by atoms with van der Waals surface area (Å²) in [6.45, 7) is 7.64. The van der Waals surface area contributed by atoms with Gasteiger partial charge < -0.3 is 19.7 Å². The Bertz CT molecular complexity index is 819. The van der Waals surface area contributed by atoms with E-state index in [1.54, 1.807) is 0 Å². The number of Topliss-reactive ketones (excluding diaryl/α,β-unsaturated/α-hetero) is 1. The first-order valence-corrected chi connectivity index (χ1v) is 9.69. The van der Waals surface area contributed by atoms with Gasteiger partial charge >= 0.3 is 0 Å². The zero-order chi connectivity index (χ0) is 18.8. The lowest BCUT2D eigenvalue weighted by molar-refractivity contribution is 0.0850. The Labute approximate surface area is 160 Å². The van der Waals surface area contributed by atoms with E-state index in [1.807, 2.05) is 43.3 Å². The van der Waals surface area contributed by atoms with Crippen molar-refractivity contribution in [1.29, 1.82) is 0 Å². The summed E-state index contributed by atoms with van der Waals surface area (Å²) in [5, 5.41) is 3.45. The lowest BCUT2D eigenvalue weighted by atomic mass is 9.95. The van der Waals surface area contributed by atoms with E-state index in [4.69, 9.17) is 9.47 Å². The van der Waals surface area contributed by atoms with Crippen LogP contribution in [0.15, 0.2) is 42.5 Å². The quantitative estimate of drug-likeness (QED) is 0.896. The number of ether oxygens (including phenoxy) is 2. The summed E-state index contributed by atoms with van der Waals surface area (Å²) in [6.07, 6.45) is 0.119. The molecule has 27 heavy (non-hydrogen) atoms. The van der Waals surface area contributed by atoms with Crippen molar-refractivity contribution in [2.24, 2.45) is 0 Å². The summed E-state index contributed by atoms with van der Waals surface area (Å²) in [5.41, 5.74) is 2.79. The Morgan fingerprint density at radius 3 is 2.78 bits per heavy atom. The summed E-state index contributed by atoms with van der Waals surface area (Å²) >= 11 is 0. The van der Waals surface area contributed by atoms with Crippen LogP contribution in [0.25, 0.3) is 0 Å². The van der Waals surface area contributed by atoms with Gasteiger partial charge in [0, 0.05) is 31.4 Å². The topological polar surface area (TPSA) is 50.8 Å². The first-order valence-electron chi connectivity index (χ1n) is 9.69. The maximum Gasteiger partial charge on any atom is 0.170 e. The molecule has 5 nitrogen and oxygen atoms in total. The number of anilines is 1. The smallest absolute Gasteiger partial charge is 0.170 e. The van der Waals surface area contributed by atoms with Gasteiger partial charge in [0.2, 0.25) is 0 Å². The molecule has 142 valence electrons. The minimum Gasteiger partial charge on any atom is -0.494 e. The van der Waals surface area contributed by atoms with Gasteiger partial charge in [-0.2, -0.15) is 0 Å². The molecular formula is C22H26N2O3. The molecule has 0 aromatic heterocycles. The molecule has 2 heterocycles. The average Bonchev–Trinajstić information content (AvgIpc) is 2.68. The summed E-state index contributed by atoms with van der Waals surface area (Å²) in [7, 11) is 0. The third-order valence-electron chi connectivity index (χ3n) is 5.20. The Balaban J connectivity index is 1.53. The van der Waals surface area contributed by atoms with Crippen molar-refractivity contribution in [1.82, 2.24) is 5.32 Å². The van der Waals surface area contributed by atoms with Gasteiger partial charge in [-0.25, -0.2) is 0 Å². The molecule has 4 rings (SSSR count). The largest absolute Gasteiger partial charge is 0.494 e. The van der Waals surface area contributed by atoms with E-state index in [-0.39, 0.29) is 11.9 Å². The molecule has 2 atom stereocenters. The highest BCUT2D eigenvalue weighted by molar-refractivity contribution is 6.01. The predicted octanol–water partition coefficient (Wildman–Crippen LogP) is 3.59. The Hall–Kier alpha value is -2.53. The zero-order valence-electron chi connectivity index (χ0n) is 15.9. The van der Waals surface area contributed by atoms with Gasteiger partial charge in [-0.15, -0.1) is 0 Å². The molecule has 2 aromatic rings. The molecule has 2 aliphatic rings. The molecule has 0 aliphatic carbocycles. The molecule has 1 saturated heterocycles. The maximum atomic E-state index is 12.8. The number of nitrogens with zero attached hydrogens (tertiary/aromatic N) is 1.